The Balaban J connectivity index is 1.60. The summed E-state index contributed by atoms with van der Waals surface area (Å²) in [6.07, 6.45) is 4.59. The van der Waals surface area contributed by atoms with E-state index >= 15 is 0 Å². The van der Waals surface area contributed by atoms with E-state index < -0.39 is 0 Å². The summed E-state index contributed by atoms with van der Waals surface area (Å²) in [7, 11) is 0. The molecule has 1 heterocycles. The van der Waals surface area contributed by atoms with Crippen molar-refractivity contribution < 1.29 is 0 Å². The fourth-order valence-corrected chi connectivity index (χ4v) is 6.74. The van der Waals surface area contributed by atoms with Crippen molar-refractivity contribution in [3.8, 4) is 0 Å². The topological polar surface area (TPSA) is 12.0 Å². The van der Waals surface area contributed by atoms with Crippen LogP contribution in [0.3, 0.4) is 0 Å². The number of rotatable bonds is 4. The molecule has 0 radical (unpaired) electrons. The minimum Gasteiger partial charge on any atom is -0.309 e. The minimum atomic E-state index is 0.614. The van der Waals surface area contributed by atoms with Crippen LogP contribution >= 0.6 is 27.3 Å². The van der Waals surface area contributed by atoms with Gasteiger partial charge in [0.25, 0.3) is 0 Å². The molecule has 3 fully saturated rings. The lowest BCUT2D eigenvalue weighted by molar-refractivity contribution is 0.377. The van der Waals surface area contributed by atoms with E-state index in [1.807, 2.05) is 11.3 Å². The second kappa shape index (κ2) is 4.32. The number of halogens is 1. The molecule has 3 aliphatic rings. The van der Waals surface area contributed by atoms with Gasteiger partial charge < -0.3 is 5.32 Å². The van der Waals surface area contributed by atoms with Crippen LogP contribution in [0.15, 0.2) is 15.9 Å². The number of hydrogen-bond acceptors (Lipinski definition) is 2. The highest BCUT2D eigenvalue weighted by molar-refractivity contribution is 9.10. The highest BCUT2D eigenvalue weighted by atomic mass is 79.9. The standard InChI is InChI=1S/C15H20BrNS/c1-2-17-14(15-10(16)5-6-18-15)13-11-8-3-4-9(7-8)12(11)13/h5-6,8-9,11-14,17H,2-4,7H2,1H3. The van der Waals surface area contributed by atoms with Gasteiger partial charge in [0.1, 0.15) is 0 Å². The molecule has 3 saturated carbocycles. The van der Waals surface area contributed by atoms with Gasteiger partial charge in [-0.1, -0.05) is 6.92 Å². The number of hydrogen-bond donors (Lipinski definition) is 1. The summed E-state index contributed by atoms with van der Waals surface area (Å²) in [5.41, 5.74) is 0. The zero-order valence-electron chi connectivity index (χ0n) is 10.7. The molecule has 1 aromatic rings. The lowest BCUT2D eigenvalue weighted by Crippen LogP contribution is -2.24. The lowest BCUT2D eigenvalue weighted by Gasteiger charge is -2.21. The molecule has 98 valence electrons. The minimum absolute atomic E-state index is 0.614. The summed E-state index contributed by atoms with van der Waals surface area (Å²) in [5, 5.41) is 5.98. The Hall–Kier alpha value is 0.140. The van der Waals surface area contributed by atoms with E-state index in [0.717, 1.165) is 36.1 Å². The van der Waals surface area contributed by atoms with Crippen LogP contribution in [0, 0.1) is 29.6 Å². The van der Waals surface area contributed by atoms with Crippen LogP contribution in [0.25, 0.3) is 0 Å². The highest BCUT2D eigenvalue weighted by Gasteiger charge is 2.66. The average molecular weight is 326 g/mol. The molecule has 1 N–H and O–H groups in total. The van der Waals surface area contributed by atoms with Crippen LogP contribution in [-0.4, -0.2) is 6.54 Å². The van der Waals surface area contributed by atoms with Gasteiger partial charge in [-0.05, 0) is 82.8 Å². The van der Waals surface area contributed by atoms with Crippen molar-refractivity contribution in [2.75, 3.05) is 6.54 Å². The average Bonchev–Trinajstić information content (AvgIpc) is 2.72. The molecular weight excluding hydrogens is 306 g/mol. The summed E-state index contributed by atoms with van der Waals surface area (Å²) in [6, 6.07) is 2.82. The number of thiophene rings is 1. The smallest absolute Gasteiger partial charge is 0.0460 e. The fourth-order valence-electron chi connectivity index (χ4n) is 4.99. The van der Waals surface area contributed by atoms with Crippen LogP contribution in [0.2, 0.25) is 0 Å². The predicted molar refractivity (Wildman–Crippen MR) is 79.7 cm³/mol. The second-order valence-electron chi connectivity index (χ2n) is 6.23. The SMILES string of the molecule is CCNC(c1sccc1Br)C1C2C3CCC(C3)C21. The first-order valence-corrected chi connectivity index (χ1v) is 8.94. The maximum atomic E-state index is 3.77. The first kappa shape index (κ1) is 11.9. The molecule has 1 nitrogen and oxygen atoms in total. The van der Waals surface area contributed by atoms with Gasteiger partial charge in [0.05, 0.1) is 0 Å². The molecule has 0 amide bonds. The van der Waals surface area contributed by atoms with Crippen molar-refractivity contribution in [3.05, 3.63) is 20.8 Å². The largest absolute Gasteiger partial charge is 0.309 e. The van der Waals surface area contributed by atoms with Crippen LogP contribution in [0.5, 0.6) is 0 Å². The van der Waals surface area contributed by atoms with E-state index in [4.69, 9.17) is 0 Å². The molecule has 3 heteroatoms. The highest BCUT2D eigenvalue weighted by Crippen LogP contribution is 2.72. The Kier molecular flexibility index (Phi) is 2.86. The van der Waals surface area contributed by atoms with Crippen LogP contribution in [0.4, 0.5) is 0 Å². The van der Waals surface area contributed by atoms with Crippen LogP contribution in [0.1, 0.15) is 37.1 Å². The van der Waals surface area contributed by atoms with E-state index in [-0.39, 0.29) is 0 Å². The molecule has 5 atom stereocenters. The third-order valence-electron chi connectivity index (χ3n) is 5.53. The zero-order valence-corrected chi connectivity index (χ0v) is 13.1. The van der Waals surface area contributed by atoms with Gasteiger partial charge in [0, 0.05) is 15.4 Å². The summed E-state index contributed by atoms with van der Waals surface area (Å²) in [4.78, 5) is 1.54. The van der Waals surface area contributed by atoms with Crippen molar-refractivity contribution in [1.29, 1.82) is 0 Å². The maximum absolute atomic E-state index is 3.77. The lowest BCUT2D eigenvalue weighted by atomic mass is 9.96. The molecule has 0 aromatic carbocycles. The van der Waals surface area contributed by atoms with Crippen molar-refractivity contribution in [1.82, 2.24) is 5.32 Å². The van der Waals surface area contributed by atoms with Crippen molar-refractivity contribution in [3.63, 3.8) is 0 Å². The maximum Gasteiger partial charge on any atom is 0.0460 e. The molecule has 18 heavy (non-hydrogen) atoms. The Morgan fingerprint density at radius 2 is 2.11 bits per heavy atom. The summed E-state index contributed by atoms with van der Waals surface area (Å²) in [6.45, 7) is 3.32. The summed E-state index contributed by atoms with van der Waals surface area (Å²) < 4.78 is 1.32. The van der Waals surface area contributed by atoms with Crippen LogP contribution in [-0.2, 0) is 0 Å². The molecule has 5 unspecified atom stereocenters. The Morgan fingerprint density at radius 1 is 1.39 bits per heavy atom. The van der Waals surface area contributed by atoms with Gasteiger partial charge in [-0.3, -0.25) is 0 Å². The summed E-state index contributed by atoms with van der Waals surface area (Å²) in [5.74, 6) is 5.20. The van der Waals surface area contributed by atoms with Gasteiger partial charge in [0.2, 0.25) is 0 Å². The Bertz CT molecular complexity index is 441. The molecule has 0 saturated heterocycles. The van der Waals surface area contributed by atoms with E-state index in [9.17, 15) is 0 Å². The van der Waals surface area contributed by atoms with E-state index in [2.05, 4.69) is 39.6 Å². The number of nitrogens with one attached hydrogen (secondary N) is 1. The van der Waals surface area contributed by atoms with Gasteiger partial charge in [0.15, 0.2) is 0 Å². The Labute approximate surface area is 121 Å². The van der Waals surface area contributed by atoms with Gasteiger partial charge in [-0.15, -0.1) is 11.3 Å². The zero-order chi connectivity index (χ0) is 12.3. The normalized spacial score (nSPS) is 42.0. The molecule has 0 spiro atoms. The third-order valence-corrected chi connectivity index (χ3v) is 7.48. The molecular formula is C15H20BrNS. The molecule has 0 aliphatic heterocycles. The number of fused-ring (bicyclic) bond motifs is 5. The molecule has 2 bridgehead atoms. The Morgan fingerprint density at radius 3 is 2.67 bits per heavy atom. The first-order valence-electron chi connectivity index (χ1n) is 7.27. The third kappa shape index (κ3) is 1.60. The van der Waals surface area contributed by atoms with E-state index in [1.54, 1.807) is 6.42 Å². The van der Waals surface area contributed by atoms with Crippen molar-refractivity contribution in [2.24, 2.45) is 29.6 Å². The first-order chi connectivity index (χ1) is 8.81. The second-order valence-corrected chi connectivity index (χ2v) is 8.04. The van der Waals surface area contributed by atoms with Gasteiger partial charge in [-0.25, -0.2) is 0 Å². The van der Waals surface area contributed by atoms with E-state index in [1.165, 1.54) is 22.2 Å². The van der Waals surface area contributed by atoms with E-state index in [0.29, 0.717) is 6.04 Å². The van der Waals surface area contributed by atoms with Crippen molar-refractivity contribution >= 4 is 27.3 Å². The molecule has 1 aromatic heterocycles. The molecule has 3 aliphatic carbocycles. The van der Waals surface area contributed by atoms with Crippen LogP contribution < -0.4 is 5.32 Å². The van der Waals surface area contributed by atoms with Gasteiger partial charge in [-0.2, -0.15) is 0 Å². The monoisotopic (exact) mass is 325 g/mol. The summed E-state index contributed by atoms with van der Waals surface area (Å²) >= 11 is 5.65. The van der Waals surface area contributed by atoms with Gasteiger partial charge >= 0.3 is 0 Å². The fraction of sp³-hybridized carbons (Fsp3) is 0.733. The molecule has 4 rings (SSSR count). The predicted octanol–water partition coefficient (Wildman–Crippen LogP) is 4.45. The van der Waals surface area contributed by atoms with Crippen molar-refractivity contribution in [2.45, 2.75) is 32.2 Å². The quantitative estimate of drug-likeness (QED) is 0.862.